The number of anilines is 2. The maximum atomic E-state index is 14.9. The van der Waals surface area contributed by atoms with Gasteiger partial charge in [-0.25, -0.2) is 0 Å². The Morgan fingerprint density at radius 2 is 1.52 bits per heavy atom. The van der Waals surface area contributed by atoms with E-state index in [9.17, 15) is 13.6 Å². The summed E-state index contributed by atoms with van der Waals surface area (Å²) in [6.45, 7) is 5.67. The molecule has 0 aliphatic rings. The van der Waals surface area contributed by atoms with E-state index in [0.717, 1.165) is 16.7 Å². The van der Waals surface area contributed by atoms with Gasteiger partial charge in [0.05, 0.1) is 0 Å². The predicted molar refractivity (Wildman–Crippen MR) is 99.6 cm³/mol. The SMILES string of the molecule is Cc1ccc(N(C(=O)c2cc(C)ccc2C)c2ccc(F)[c]([Ti])c2F)cc1. The molecule has 0 fully saturated rings. The molecule has 0 radical (unpaired) electrons. The van der Waals surface area contributed by atoms with Crippen LogP contribution >= 0.6 is 0 Å². The van der Waals surface area contributed by atoms with E-state index < -0.39 is 11.6 Å². The second-order valence-corrected chi connectivity index (χ2v) is 7.33. The fraction of sp³-hybridized carbons (Fsp3) is 0.136. The number of hydrogen-bond donors (Lipinski definition) is 0. The Balaban J connectivity index is 2.22. The molecule has 5 heteroatoms. The third-order valence-corrected chi connectivity index (χ3v) is 5.15. The molecule has 3 aromatic carbocycles. The van der Waals surface area contributed by atoms with E-state index in [4.69, 9.17) is 0 Å². The fourth-order valence-electron chi connectivity index (χ4n) is 2.86. The minimum atomic E-state index is -0.741. The van der Waals surface area contributed by atoms with Crippen LogP contribution in [0.25, 0.3) is 0 Å². The molecule has 0 spiro atoms. The third-order valence-electron chi connectivity index (χ3n) is 4.43. The number of carbonyl (C=O) groups is 1. The Kier molecular flexibility index (Phi) is 5.59. The molecule has 0 N–H and O–H groups in total. The zero-order valence-corrected chi connectivity index (χ0v) is 16.9. The van der Waals surface area contributed by atoms with Crippen LogP contribution in [0.3, 0.4) is 0 Å². The van der Waals surface area contributed by atoms with Crippen molar-refractivity contribution in [2.24, 2.45) is 0 Å². The molecular formula is C22H18F2NOTi. The van der Waals surface area contributed by atoms with Crippen molar-refractivity contribution in [3.05, 3.63) is 88.5 Å². The number of nitrogens with zero attached hydrogens (tertiary/aromatic N) is 1. The van der Waals surface area contributed by atoms with Crippen molar-refractivity contribution < 1.29 is 34.0 Å². The van der Waals surface area contributed by atoms with Crippen LogP contribution in [0.1, 0.15) is 27.0 Å². The molecule has 0 heterocycles. The van der Waals surface area contributed by atoms with E-state index in [-0.39, 0.29) is 15.5 Å². The van der Waals surface area contributed by atoms with E-state index in [2.05, 4.69) is 0 Å². The van der Waals surface area contributed by atoms with E-state index in [1.54, 1.807) is 18.2 Å². The van der Waals surface area contributed by atoms with Crippen molar-refractivity contribution in [2.75, 3.05) is 4.90 Å². The van der Waals surface area contributed by atoms with Crippen LogP contribution < -0.4 is 8.77 Å². The number of aryl methyl sites for hydroxylation is 3. The number of amides is 1. The molecule has 27 heavy (non-hydrogen) atoms. The summed E-state index contributed by atoms with van der Waals surface area (Å²) in [4.78, 5) is 14.7. The first-order valence-corrected chi connectivity index (χ1v) is 9.25. The second-order valence-electron chi connectivity index (χ2n) is 6.55. The monoisotopic (exact) mass is 398 g/mol. The summed E-state index contributed by atoms with van der Waals surface area (Å²) in [5.74, 6) is -1.74. The third kappa shape index (κ3) is 3.87. The van der Waals surface area contributed by atoms with Gasteiger partial charge >= 0.3 is 169 Å². The first-order valence-electron chi connectivity index (χ1n) is 8.47. The molecule has 0 bridgehead atoms. The van der Waals surface area contributed by atoms with Gasteiger partial charge in [-0.3, -0.25) is 0 Å². The summed E-state index contributed by atoms with van der Waals surface area (Å²) in [5, 5.41) is 0. The molecule has 0 aliphatic heterocycles. The maximum absolute atomic E-state index is 14.9. The van der Waals surface area contributed by atoms with Crippen LogP contribution in [0.5, 0.6) is 0 Å². The topological polar surface area (TPSA) is 20.3 Å². The van der Waals surface area contributed by atoms with Gasteiger partial charge in [-0.05, 0) is 0 Å². The van der Waals surface area contributed by atoms with Crippen LogP contribution in [-0.2, 0) is 20.4 Å². The van der Waals surface area contributed by atoms with Crippen molar-refractivity contribution >= 4 is 21.2 Å². The summed E-state index contributed by atoms with van der Waals surface area (Å²) in [7, 11) is 0. The van der Waals surface area contributed by atoms with E-state index in [1.807, 2.05) is 45.0 Å². The van der Waals surface area contributed by atoms with Gasteiger partial charge in [0.25, 0.3) is 0 Å². The summed E-state index contributed by atoms with van der Waals surface area (Å²) in [5.41, 5.74) is 3.79. The number of rotatable bonds is 3. The summed E-state index contributed by atoms with van der Waals surface area (Å²) in [6, 6.07) is 15.3. The molecule has 1 amide bonds. The number of carbonyl (C=O) groups excluding carboxylic acids is 1. The molecule has 0 aliphatic carbocycles. The fourth-order valence-corrected chi connectivity index (χ4v) is 3.19. The van der Waals surface area contributed by atoms with Crippen LogP contribution in [0.15, 0.2) is 54.6 Å². The normalized spacial score (nSPS) is 10.7. The van der Waals surface area contributed by atoms with Gasteiger partial charge in [-0.15, -0.1) is 0 Å². The van der Waals surface area contributed by atoms with Gasteiger partial charge in [0.2, 0.25) is 0 Å². The number of benzene rings is 3. The summed E-state index contributed by atoms with van der Waals surface area (Å²) < 4.78 is 28.6. The Morgan fingerprint density at radius 1 is 0.889 bits per heavy atom. The van der Waals surface area contributed by atoms with E-state index in [0.29, 0.717) is 11.3 Å². The standard InChI is InChI=1S/C22H18F2NO.Ti/c1-14-5-9-18(10-6-14)25(21-11-8-17(23)13-20(21)24)22(26)19-12-15(2)4-7-16(19)3;/h4-12H,1-3H3;. The quantitative estimate of drug-likeness (QED) is 0.566. The van der Waals surface area contributed by atoms with Crippen molar-refractivity contribution in [3.63, 3.8) is 0 Å². The molecule has 2 nitrogen and oxygen atoms in total. The molecule has 0 unspecified atom stereocenters. The molecule has 3 rings (SSSR count). The second kappa shape index (κ2) is 7.75. The summed E-state index contributed by atoms with van der Waals surface area (Å²) in [6.07, 6.45) is 0. The van der Waals surface area contributed by atoms with Crippen LogP contribution in [0, 0.1) is 32.4 Å². The molecule has 0 aromatic heterocycles. The van der Waals surface area contributed by atoms with Gasteiger partial charge in [-0.1, -0.05) is 0 Å². The van der Waals surface area contributed by atoms with Gasteiger partial charge in [-0.2, -0.15) is 0 Å². The Hall–Kier alpha value is -2.30. The Morgan fingerprint density at radius 3 is 2.19 bits per heavy atom. The van der Waals surface area contributed by atoms with Crippen molar-refractivity contribution in [1.29, 1.82) is 0 Å². The summed E-state index contributed by atoms with van der Waals surface area (Å²) >= 11 is 1.36. The Labute approximate surface area is 169 Å². The molecule has 135 valence electrons. The zero-order chi connectivity index (χ0) is 19.7. The van der Waals surface area contributed by atoms with Crippen LogP contribution in [0.4, 0.5) is 20.2 Å². The van der Waals surface area contributed by atoms with Gasteiger partial charge < -0.3 is 0 Å². The van der Waals surface area contributed by atoms with Gasteiger partial charge in [0.15, 0.2) is 0 Å². The van der Waals surface area contributed by atoms with Crippen molar-refractivity contribution in [2.45, 2.75) is 20.8 Å². The first kappa shape index (κ1) is 19.5. The van der Waals surface area contributed by atoms with Gasteiger partial charge in [0.1, 0.15) is 0 Å². The average Bonchev–Trinajstić information content (AvgIpc) is 2.65. The average molecular weight is 398 g/mol. The van der Waals surface area contributed by atoms with E-state index in [1.165, 1.54) is 37.5 Å². The molecule has 0 saturated carbocycles. The van der Waals surface area contributed by atoms with Crippen LogP contribution in [0.2, 0.25) is 0 Å². The first-order chi connectivity index (χ1) is 12.8. The Bertz CT molecular complexity index is 1020. The number of hydrogen-bond acceptors (Lipinski definition) is 1. The molecular weight excluding hydrogens is 380 g/mol. The minimum absolute atomic E-state index is 0.0312. The van der Waals surface area contributed by atoms with Gasteiger partial charge in [0, 0.05) is 0 Å². The van der Waals surface area contributed by atoms with Crippen molar-refractivity contribution in [3.8, 4) is 0 Å². The predicted octanol–water partition coefficient (Wildman–Crippen LogP) is 5.04. The van der Waals surface area contributed by atoms with Crippen LogP contribution in [-0.4, -0.2) is 5.91 Å². The zero-order valence-electron chi connectivity index (χ0n) is 15.3. The molecule has 0 atom stereocenters. The molecule has 0 saturated heterocycles. The van der Waals surface area contributed by atoms with E-state index >= 15 is 0 Å². The number of halogens is 2. The van der Waals surface area contributed by atoms with Crippen molar-refractivity contribution in [1.82, 2.24) is 0 Å². The molecule has 3 aromatic rings.